The van der Waals surface area contributed by atoms with Crippen LogP contribution in [0.15, 0.2) is 22.8 Å². The van der Waals surface area contributed by atoms with E-state index in [-0.39, 0.29) is 23.9 Å². The molecule has 5 nitrogen and oxygen atoms in total. The third-order valence-corrected chi connectivity index (χ3v) is 4.81. The molecule has 2 bridgehead atoms. The second-order valence-corrected chi connectivity index (χ2v) is 6.25. The number of likely N-dealkylation sites (tertiary alicyclic amines) is 1. The van der Waals surface area contributed by atoms with Gasteiger partial charge in [0.15, 0.2) is 11.4 Å². The molecule has 2 unspecified atom stereocenters. The summed E-state index contributed by atoms with van der Waals surface area (Å²) in [7, 11) is 0. The summed E-state index contributed by atoms with van der Waals surface area (Å²) in [5.74, 6) is -0.179. The van der Waals surface area contributed by atoms with E-state index in [0.29, 0.717) is 31.7 Å². The van der Waals surface area contributed by atoms with Gasteiger partial charge in [-0.2, -0.15) is 0 Å². The number of fused-ring (bicyclic) bond motifs is 2. The maximum absolute atomic E-state index is 13.9. The molecule has 1 saturated carbocycles. The number of amides is 2. The van der Waals surface area contributed by atoms with Gasteiger partial charge in [0.05, 0.1) is 18.3 Å². The van der Waals surface area contributed by atoms with E-state index in [1.807, 2.05) is 4.90 Å². The predicted molar refractivity (Wildman–Crippen MR) is 71.3 cm³/mol. The van der Waals surface area contributed by atoms with Gasteiger partial charge >= 0.3 is 0 Å². The quantitative estimate of drug-likeness (QED) is 0.832. The second-order valence-electron chi connectivity index (χ2n) is 6.25. The van der Waals surface area contributed by atoms with Gasteiger partial charge in [-0.05, 0) is 37.8 Å². The Hall–Kier alpha value is -1.85. The Balaban J connectivity index is 1.51. The number of piperazine rings is 1. The van der Waals surface area contributed by atoms with Crippen molar-refractivity contribution < 1.29 is 18.4 Å². The van der Waals surface area contributed by atoms with Gasteiger partial charge in [-0.25, -0.2) is 4.39 Å². The van der Waals surface area contributed by atoms with Crippen molar-refractivity contribution in [2.75, 3.05) is 13.1 Å². The number of furan rings is 1. The highest BCUT2D eigenvalue weighted by Crippen LogP contribution is 2.43. The summed E-state index contributed by atoms with van der Waals surface area (Å²) in [4.78, 5) is 28.0. The van der Waals surface area contributed by atoms with Gasteiger partial charge in [-0.1, -0.05) is 0 Å². The fraction of sp³-hybridized carbons (Fsp3) is 0.600. The molecule has 3 aliphatic rings. The van der Waals surface area contributed by atoms with E-state index in [1.54, 1.807) is 17.0 Å². The second kappa shape index (κ2) is 4.32. The number of carbonyl (C=O) groups excluding carboxylic acids is 2. The summed E-state index contributed by atoms with van der Waals surface area (Å²) in [5, 5.41) is 0. The molecular weight excluding hydrogens is 275 g/mol. The van der Waals surface area contributed by atoms with E-state index in [9.17, 15) is 14.0 Å². The topological polar surface area (TPSA) is 53.8 Å². The van der Waals surface area contributed by atoms with E-state index in [0.717, 1.165) is 12.8 Å². The zero-order valence-electron chi connectivity index (χ0n) is 11.6. The molecule has 0 radical (unpaired) electrons. The molecule has 2 saturated heterocycles. The lowest BCUT2D eigenvalue weighted by Crippen LogP contribution is -2.58. The van der Waals surface area contributed by atoms with Crippen LogP contribution in [0.2, 0.25) is 0 Å². The zero-order valence-corrected chi connectivity index (χ0v) is 11.6. The van der Waals surface area contributed by atoms with Crippen LogP contribution >= 0.6 is 0 Å². The molecule has 2 aliphatic heterocycles. The lowest BCUT2D eigenvalue weighted by Gasteiger charge is -2.41. The first-order valence-corrected chi connectivity index (χ1v) is 7.43. The van der Waals surface area contributed by atoms with Gasteiger partial charge in [-0.15, -0.1) is 0 Å². The van der Waals surface area contributed by atoms with Crippen LogP contribution in [0.4, 0.5) is 4.39 Å². The van der Waals surface area contributed by atoms with E-state index < -0.39 is 5.67 Å². The largest absolute Gasteiger partial charge is 0.459 e. The Morgan fingerprint density at radius 2 is 1.90 bits per heavy atom. The number of alkyl halides is 1. The SMILES string of the molecule is O=C(c1ccco1)N1C2CCC1CN(C(=O)C1(F)CC1)C2. The fourth-order valence-corrected chi connectivity index (χ4v) is 3.53. The fourth-order valence-electron chi connectivity index (χ4n) is 3.53. The molecule has 2 atom stereocenters. The molecule has 4 rings (SSSR count). The van der Waals surface area contributed by atoms with Gasteiger partial charge in [0.2, 0.25) is 0 Å². The van der Waals surface area contributed by atoms with E-state index in [4.69, 9.17) is 4.42 Å². The van der Waals surface area contributed by atoms with Crippen LogP contribution in [0.3, 0.4) is 0 Å². The number of hydrogen-bond acceptors (Lipinski definition) is 3. The minimum atomic E-state index is -1.62. The average Bonchev–Trinajstić information content (AvgIpc) is 2.92. The van der Waals surface area contributed by atoms with Crippen molar-refractivity contribution in [3.8, 4) is 0 Å². The van der Waals surface area contributed by atoms with Crippen molar-refractivity contribution in [3.05, 3.63) is 24.2 Å². The number of halogens is 1. The molecule has 21 heavy (non-hydrogen) atoms. The van der Waals surface area contributed by atoms with Crippen LogP contribution in [0.1, 0.15) is 36.2 Å². The molecule has 0 N–H and O–H groups in total. The van der Waals surface area contributed by atoms with Crippen LogP contribution in [-0.2, 0) is 4.79 Å². The molecule has 112 valence electrons. The first kappa shape index (κ1) is 12.9. The van der Waals surface area contributed by atoms with E-state index in [1.165, 1.54) is 6.26 Å². The van der Waals surface area contributed by atoms with Gasteiger partial charge in [0.1, 0.15) is 0 Å². The summed E-state index contributed by atoms with van der Waals surface area (Å²) in [6.07, 6.45) is 3.88. The van der Waals surface area contributed by atoms with E-state index in [2.05, 4.69) is 0 Å². The summed E-state index contributed by atoms with van der Waals surface area (Å²) in [6, 6.07) is 3.30. The van der Waals surface area contributed by atoms with Gasteiger partial charge in [0, 0.05) is 13.1 Å². The van der Waals surface area contributed by atoms with Crippen molar-refractivity contribution in [1.82, 2.24) is 9.80 Å². The molecule has 2 amide bonds. The predicted octanol–water partition coefficient (Wildman–Crippen LogP) is 1.60. The Morgan fingerprint density at radius 1 is 1.24 bits per heavy atom. The molecule has 0 aromatic carbocycles. The van der Waals surface area contributed by atoms with Crippen LogP contribution in [-0.4, -0.2) is 52.5 Å². The highest BCUT2D eigenvalue weighted by atomic mass is 19.1. The molecule has 6 heteroatoms. The number of rotatable bonds is 2. The molecule has 3 heterocycles. The Kier molecular flexibility index (Phi) is 2.65. The minimum Gasteiger partial charge on any atom is -0.459 e. The van der Waals surface area contributed by atoms with Gasteiger partial charge < -0.3 is 14.2 Å². The maximum Gasteiger partial charge on any atom is 0.290 e. The van der Waals surface area contributed by atoms with Crippen LogP contribution in [0.25, 0.3) is 0 Å². The standard InChI is InChI=1S/C15H17FN2O3/c16-15(5-6-15)14(20)17-8-10-3-4-11(9-17)18(10)13(19)12-2-1-7-21-12/h1-2,7,10-11H,3-6,8-9H2. The van der Waals surface area contributed by atoms with Crippen LogP contribution < -0.4 is 0 Å². The Morgan fingerprint density at radius 3 is 2.43 bits per heavy atom. The Labute approximate surface area is 121 Å². The van der Waals surface area contributed by atoms with Gasteiger partial charge in [0.25, 0.3) is 11.8 Å². The average molecular weight is 292 g/mol. The molecule has 3 fully saturated rings. The minimum absolute atomic E-state index is 0.0207. The van der Waals surface area contributed by atoms with Crippen molar-refractivity contribution in [2.24, 2.45) is 0 Å². The van der Waals surface area contributed by atoms with Crippen molar-refractivity contribution in [2.45, 2.75) is 43.4 Å². The first-order valence-electron chi connectivity index (χ1n) is 7.43. The Bertz CT molecular complexity index is 568. The molecule has 1 aromatic heterocycles. The highest BCUT2D eigenvalue weighted by molar-refractivity contribution is 5.93. The maximum atomic E-state index is 13.9. The highest BCUT2D eigenvalue weighted by Gasteiger charge is 2.55. The molecule has 0 spiro atoms. The lowest BCUT2D eigenvalue weighted by atomic mass is 10.1. The number of hydrogen-bond donors (Lipinski definition) is 0. The summed E-state index contributed by atoms with van der Waals surface area (Å²) >= 11 is 0. The van der Waals surface area contributed by atoms with Gasteiger partial charge in [-0.3, -0.25) is 9.59 Å². The molecular formula is C15H17FN2O3. The molecule has 1 aliphatic carbocycles. The summed E-state index contributed by atoms with van der Waals surface area (Å²) < 4.78 is 19.1. The third-order valence-electron chi connectivity index (χ3n) is 4.81. The third kappa shape index (κ3) is 1.96. The summed E-state index contributed by atoms with van der Waals surface area (Å²) in [5.41, 5.74) is -1.62. The van der Waals surface area contributed by atoms with Crippen molar-refractivity contribution in [3.63, 3.8) is 0 Å². The normalized spacial score (nSPS) is 29.6. The zero-order chi connectivity index (χ0) is 14.6. The monoisotopic (exact) mass is 292 g/mol. The van der Waals surface area contributed by atoms with Crippen LogP contribution in [0, 0.1) is 0 Å². The molecule has 1 aromatic rings. The van der Waals surface area contributed by atoms with Crippen molar-refractivity contribution in [1.29, 1.82) is 0 Å². The number of carbonyl (C=O) groups is 2. The van der Waals surface area contributed by atoms with Crippen LogP contribution in [0.5, 0.6) is 0 Å². The van der Waals surface area contributed by atoms with Crippen molar-refractivity contribution >= 4 is 11.8 Å². The number of nitrogens with zero attached hydrogens (tertiary/aromatic N) is 2. The summed E-state index contributed by atoms with van der Waals surface area (Å²) in [6.45, 7) is 0.876. The first-order chi connectivity index (χ1) is 10.1. The smallest absolute Gasteiger partial charge is 0.290 e. The lowest BCUT2D eigenvalue weighted by molar-refractivity contribution is -0.141. The van der Waals surface area contributed by atoms with E-state index >= 15 is 0 Å².